The van der Waals surface area contributed by atoms with Crippen molar-refractivity contribution in [2.75, 3.05) is 20.3 Å². The van der Waals surface area contributed by atoms with Gasteiger partial charge in [-0.1, -0.05) is 18.6 Å². The highest BCUT2D eigenvalue weighted by molar-refractivity contribution is 5.94. The van der Waals surface area contributed by atoms with E-state index in [0.717, 1.165) is 25.7 Å². The monoisotopic (exact) mass is 399 g/mol. The Bertz CT molecular complexity index is 841. The van der Waals surface area contributed by atoms with Crippen LogP contribution in [0.4, 0.5) is 4.39 Å². The number of methoxy groups -OCH3 is 1. The molecule has 0 radical (unpaired) electrons. The third kappa shape index (κ3) is 6.09. The lowest BCUT2D eigenvalue weighted by atomic mass is 9.85. The molecule has 0 bridgehead atoms. The molecule has 154 valence electrons. The first-order valence-corrected chi connectivity index (χ1v) is 9.83. The van der Waals surface area contributed by atoms with Crippen molar-refractivity contribution in [1.29, 1.82) is 0 Å². The second-order valence-corrected chi connectivity index (χ2v) is 7.38. The van der Waals surface area contributed by atoms with Crippen LogP contribution < -0.4 is 10.6 Å². The highest BCUT2D eigenvalue weighted by Crippen LogP contribution is 2.24. The van der Waals surface area contributed by atoms with E-state index < -0.39 is 0 Å². The predicted molar refractivity (Wildman–Crippen MR) is 108 cm³/mol. The van der Waals surface area contributed by atoms with Crippen LogP contribution >= 0.6 is 0 Å². The molecule has 7 heteroatoms. The van der Waals surface area contributed by atoms with Crippen molar-refractivity contribution < 1.29 is 18.7 Å². The maximum atomic E-state index is 13.4. The van der Waals surface area contributed by atoms with E-state index in [1.807, 2.05) is 0 Å². The maximum Gasteiger partial charge on any atom is 0.253 e. The van der Waals surface area contributed by atoms with Gasteiger partial charge in [0.15, 0.2) is 0 Å². The number of amides is 2. The molecule has 1 aliphatic carbocycles. The fourth-order valence-corrected chi connectivity index (χ4v) is 3.66. The van der Waals surface area contributed by atoms with Gasteiger partial charge in [-0.3, -0.25) is 14.6 Å². The Hall–Kier alpha value is -2.80. The SMILES string of the molecule is COCC(=O)NC[C@@H]1CCC[C@H](NC(=O)c2ccc(-c3cccc(F)c3)nc2)C1. The van der Waals surface area contributed by atoms with Gasteiger partial charge in [0, 0.05) is 31.5 Å². The summed E-state index contributed by atoms with van der Waals surface area (Å²) < 4.78 is 18.2. The molecule has 6 nitrogen and oxygen atoms in total. The third-order valence-corrected chi connectivity index (χ3v) is 5.13. The van der Waals surface area contributed by atoms with Crippen LogP contribution in [0.5, 0.6) is 0 Å². The van der Waals surface area contributed by atoms with Crippen LogP contribution in [-0.4, -0.2) is 43.1 Å². The first-order chi connectivity index (χ1) is 14.0. The minimum atomic E-state index is -0.323. The number of aromatic nitrogens is 1. The molecule has 2 atom stereocenters. The fraction of sp³-hybridized carbons (Fsp3) is 0.409. The topological polar surface area (TPSA) is 80.3 Å². The summed E-state index contributed by atoms with van der Waals surface area (Å²) in [5, 5.41) is 5.94. The molecule has 2 N–H and O–H groups in total. The van der Waals surface area contributed by atoms with Crippen molar-refractivity contribution in [3.8, 4) is 11.3 Å². The Kier molecular flexibility index (Phi) is 7.30. The van der Waals surface area contributed by atoms with Crippen molar-refractivity contribution >= 4 is 11.8 Å². The third-order valence-electron chi connectivity index (χ3n) is 5.13. The van der Waals surface area contributed by atoms with Crippen LogP contribution in [0.1, 0.15) is 36.0 Å². The highest BCUT2D eigenvalue weighted by Gasteiger charge is 2.24. The normalized spacial score (nSPS) is 18.8. The molecule has 1 heterocycles. The Balaban J connectivity index is 1.53. The van der Waals surface area contributed by atoms with E-state index in [4.69, 9.17) is 4.74 Å². The molecule has 0 unspecified atom stereocenters. The smallest absolute Gasteiger partial charge is 0.253 e. The second-order valence-electron chi connectivity index (χ2n) is 7.38. The van der Waals surface area contributed by atoms with E-state index >= 15 is 0 Å². The number of hydrogen-bond acceptors (Lipinski definition) is 4. The van der Waals surface area contributed by atoms with E-state index in [1.165, 1.54) is 25.4 Å². The van der Waals surface area contributed by atoms with Gasteiger partial charge in [-0.2, -0.15) is 0 Å². The number of carbonyl (C=O) groups excluding carboxylic acids is 2. The Morgan fingerprint density at radius 2 is 2.10 bits per heavy atom. The average Bonchev–Trinajstić information content (AvgIpc) is 2.73. The Morgan fingerprint density at radius 3 is 2.83 bits per heavy atom. The molecule has 29 heavy (non-hydrogen) atoms. The van der Waals surface area contributed by atoms with Gasteiger partial charge in [0.2, 0.25) is 5.91 Å². The maximum absolute atomic E-state index is 13.4. The predicted octanol–water partition coefficient (Wildman–Crippen LogP) is 2.94. The van der Waals surface area contributed by atoms with E-state index in [2.05, 4.69) is 15.6 Å². The Morgan fingerprint density at radius 1 is 1.24 bits per heavy atom. The zero-order chi connectivity index (χ0) is 20.6. The van der Waals surface area contributed by atoms with Gasteiger partial charge in [0.1, 0.15) is 12.4 Å². The summed E-state index contributed by atoms with van der Waals surface area (Å²) >= 11 is 0. The van der Waals surface area contributed by atoms with Gasteiger partial charge in [0.05, 0.1) is 11.3 Å². The van der Waals surface area contributed by atoms with Crippen molar-refractivity contribution in [1.82, 2.24) is 15.6 Å². The standard InChI is InChI=1S/C22H26FN3O3/c1-29-14-21(27)25-12-15-4-2-7-19(10-15)26-22(28)17-8-9-20(24-13-17)16-5-3-6-18(23)11-16/h3,5-6,8-9,11,13,15,19H,2,4,7,10,12,14H2,1H3,(H,25,27)(H,26,28)/t15-,19+/m1/s1. The number of benzene rings is 1. The van der Waals surface area contributed by atoms with Crippen molar-refractivity contribution in [3.63, 3.8) is 0 Å². The number of hydrogen-bond donors (Lipinski definition) is 2. The quantitative estimate of drug-likeness (QED) is 0.750. The molecule has 1 aromatic heterocycles. The average molecular weight is 399 g/mol. The molecule has 1 saturated carbocycles. The van der Waals surface area contributed by atoms with Gasteiger partial charge >= 0.3 is 0 Å². The molecular weight excluding hydrogens is 373 g/mol. The molecule has 1 aliphatic rings. The van der Waals surface area contributed by atoms with Crippen molar-refractivity contribution in [2.45, 2.75) is 31.7 Å². The van der Waals surface area contributed by atoms with Crippen LogP contribution in [0.3, 0.4) is 0 Å². The number of pyridine rings is 1. The molecule has 0 saturated heterocycles. The van der Waals surface area contributed by atoms with E-state index in [9.17, 15) is 14.0 Å². The van der Waals surface area contributed by atoms with Crippen LogP contribution in [0.2, 0.25) is 0 Å². The lowest BCUT2D eigenvalue weighted by molar-refractivity contribution is -0.124. The summed E-state index contributed by atoms with van der Waals surface area (Å²) in [6.07, 6.45) is 5.30. The van der Waals surface area contributed by atoms with Crippen LogP contribution in [0.15, 0.2) is 42.6 Å². The largest absolute Gasteiger partial charge is 0.375 e. The summed E-state index contributed by atoms with van der Waals surface area (Å²) in [6.45, 7) is 0.657. The highest BCUT2D eigenvalue weighted by atomic mass is 19.1. The fourth-order valence-electron chi connectivity index (χ4n) is 3.66. The zero-order valence-corrected chi connectivity index (χ0v) is 16.5. The number of nitrogens with one attached hydrogen (secondary N) is 2. The lowest BCUT2D eigenvalue weighted by Crippen LogP contribution is -2.41. The second kappa shape index (κ2) is 10.1. The number of carbonyl (C=O) groups is 2. The number of rotatable bonds is 7. The van der Waals surface area contributed by atoms with Crippen LogP contribution in [0, 0.1) is 11.7 Å². The number of halogens is 1. The van der Waals surface area contributed by atoms with E-state index in [0.29, 0.717) is 29.3 Å². The molecule has 1 aromatic carbocycles. The van der Waals surface area contributed by atoms with Crippen molar-refractivity contribution in [3.05, 3.63) is 54.0 Å². The first kappa shape index (κ1) is 20.9. The molecule has 2 amide bonds. The van der Waals surface area contributed by atoms with Crippen molar-refractivity contribution in [2.24, 2.45) is 5.92 Å². The molecule has 1 fully saturated rings. The van der Waals surface area contributed by atoms with Gasteiger partial charge in [-0.15, -0.1) is 0 Å². The molecule has 3 rings (SSSR count). The summed E-state index contributed by atoms with van der Waals surface area (Å²) in [7, 11) is 1.49. The van der Waals surface area contributed by atoms with Gasteiger partial charge < -0.3 is 15.4 Å². The minimum absolute atomic E-state index is 0.0610. The summed E-state index contributed by atoms with van der Waals surface area (Å²) in [5.74, 6) is -0.278. The van der Waals surface area contributed by atoms with E-state index in [1.54, 1.807) is 24.3 Å². The van der Waals surface area contributed by atoms with Gasteiger partial charge in [-0.25, -0.2) is 4.39 Å². The van der Waals surface area contributed by atoms with Gasteiger partial charge in [-0.05, 0) is 49.4 Å². The summed E-state index contributed by atoms with van der Waals surface area (Å²) in [6, 6.07) is 9.69. The molecule has 2 aromatic rings. The lowest BCUT2D eigenvalue weighted by Gasteiger charge is -2.30. The Labute approximate surface area is 169 Å². The molecular formula is C22H26FN3O3. The van der Waals surface area contributed by atoms with E-state index in [-0.39, 0.29) is 30.3 Å². The van der Waals surface area contributed by atoms with Crippen LogP contribution in [0.25, 0.3) is 11.3 Å². The number of nitrogens with zero attached hydrogens (tertiary/aromatic N) is 1. The summed E-state index contributed by atoms with van der Waals surface area (Å²) in [4.78, 5) is 28.4. The minimum Gasteiger partial charge on any atom is -0.375 e. The molecule has 0 spiro atoms. The molecule has 0 aliphatic heterocycles. The van der Waals surface area contributed by atoms with Crippen LogP contribution in [-0.2, 0) is 9.53 Å². The zero-order valence-electron chi connectivity index (χ0n) is 16.5. The summed E-state index contributed by atoms with van der Waals surface area (Å²) in [5.41, 5.74) is 1.76. The number of ether oxygens (including phenoxy) is 1. The first-order valence-electron chi connectivity index (χ1n) is 9.83. The van der Waals surface area contributed by atoms with Gasteiger partial charge in [0.25, 0.3) is 5.91 Å².